The molecule has 7 nitrogen and oxygen atoms in total. The second kappa shape index (κ2) is 11.9. The van der Waals surface area contributed by atoms with E-state index in [4.69, 9.17) is 32.7 Å². The maximum atomic E-state index is 16.6. The number of fused-ring (bicyclic) bond motifs is 1. The summed E-state index contributed by atoms with van der Waals surface area (Å²) in [6, 6.07) is 14.6. The summed E-state index contributed by atoms with van der Waals surface area (Å²) in [4.78, 5) is 28.0. The molecule has 3 aromatic carbocycles. The number of aliphatic hydroxyl groups is 1. The highest BCUT2D eigenvalue weighted by atomic mass is 35.5. The Morgan fingerprint density at radius 2 is 1.71 bits per heavy atom. The smallest absolute Gasteiger partial charge is 0.305 e. The van der Waals surface area contributed by atoms with E-state index in [-0.39, 0.29) is 22.6 Å². The summed E-state index contributed by atoms with van der Waals surface area (Å²) in [6.07, 6.45) is 0.989. The van der Waals surface area contributed by atoms with Crippen LogP contribution >= 0.6 is 23.2 Å². The van der Waals surface area contributed by atoms with Gasteiger partial charge in [0.25, 0.3) is 5.91 Å². The molecule has 3 aromatic rings. The number of carboxylic acid groups (broad SMARTS) is 1. The highest BCUT2D eigenvalue weighted by Crippen LogP contribution is 2.52. The Bertz CT molecular complexity index is 1480. The normalized spacial score (nSPS) is 21.2. The first kappa shape index (κ1) is 30.4. The van der Waals surface area contributed by atoms with Gasteiger partial charge in [-0.2, -0.15) is 0 Å². The number of amides is 1. The van der Waals surface area contributed by atoms with Crippen LogP contribution in [0.4, 0.5) is 4.39 Å². The molecular formula is C32H32Cl2FNO6. The zero-order chi connectivity index (χ0) is 30.2. The molecule has 3 atom stereocenters. The second-order valence-corrected chi connectivity index (χ2v) is 11.6. The SMILES string of the molecule is CC[C@@](O)(c1cc(F)c2c(c1)C(=O)N([C@H](CC(=O)O)c1ccc(Cl)cc1)[C@@]2(OC)c1ccc(Cl)cc1)C1CCOCC1. The molecule has 0 aromatic heterocycles. The average Bonchev–Trinajstić information content (AvgIpc) is 3.25. The molecule has 222 valence electrons. The monoisotopic (exact) mass is 615 g/mol. The molecule has 0 saturated carbocycles. The lowest BCUT2D eigenvalue weighted by molar-refractivity contribution is -0.142. The molecule has 0 aliphatic carbocycles. The molecule has 2 N–H and O–H groups in total. The van der Waals surface area contributed by atoms with E-state index in [0.717, 1.165) is 0 Å². The number of aliphatic carboxylic acids is 1. The summed E-state index contributed by atoms with van der Waals surface area (Å²) >= 11 is 12.3. The highest BCUT2D eigenvalue weighted by molar-refractivity contribution is 6.30. The van der Waals surface area contributed by atoms with Gasteiger partial charge in [0.15, 0.2) is 5.72 Å². The topological polar surface area (TPSA) is 96.3 Å². The van der Waals surface area contributed by atoms with Crippen molar-refractivity contribution in [2.45, 2.75) is 50.0 Å². The number of nitrogens with zero attached hydrogens (tertiary/aromatic N) is 1. The molecule has 0 radical (unpaired) electrons. The minimum atomic E-state index is -1.84. The van der Waals surface area contributed by atoms with Crippen molar-refractivity contribution < 1.29 is 33.7 Å². The van der Waals surface area contributed by atoms with Crippen LogP contribution in [0.15, 0.2) is 60.7 Å². The third kappa shape index (κ3) is 5.09. The molecule has 1 amide bonds. The molecule has 42 heavy (non-hydrogen) atoms. The summed E-state index contributed by atoms with van der Waals surface area (Å²) in [5.74, 6) is -2.74. The Morgan fingerprint density at radius 1 is 1.12 bits per heavy atom. The summed E-state index contributed by atoms with van der Waals surface area (Å²) in [6.45, 7) is 2.79. The second-order valence-electron chi connectivity index (χ2n) is 10.7. The number of carbonyl (C=O) groups excluding carboxylic acids is 1. The van der Waals surface area contributed by atoms with E-state index in [0.29, 0.717) is 53.6 Å². The number of ether oxygens (including phenoxy) is 2. The van der Waals surface area contributed by atoms with Crippen molar-refractivity contribution in [1.82, 2.24) is 4.90 Å². The lowest BCUT2D eigenvalue weighted by Crippen LogP contribution is -2.49. The molecule has 2 heterocycles. The highest BCUT2D eigenvalue weighted by Gasteiger charge is 2.57. The zero-order valence-electron chi connectivity index (χ0n) is 23.3. The van der Waals surface area contributed by atoms with Crippen LogP contribution in [0.1, 0.15) is 71.3 Å². The number of carbonyl (C=O) groups is 2. The first-order valence-corrected chi connectivity index (χ1v) is 14.6. The van der Waals surface area contributed by atoms with Crippen LogP contribution < -0.4 is 0 Å². The van der Waals surface area contributed by atoms with E-state index >= 15 is 4.39 Å². The number of benzene rings is 3. The Labute approximate surface area is 253 Å². The Hall–Kier alpha value is -3.01. The van der Waals surface area contributed by atoms with Crippen LogP contribution in [0, 0.1) is 11.7 Å². The molecule has 1 saturated heterocycles. The van der Waals surface area contributed by atoms with E-state index < -0.39 is 41.5 Å². The largest absolute Gasteiger partial charge is 0.481 e. The van der Waals surface area contributed by atoms with Crippen molar-refractivity contribution in [2.24, 2.45) is 5.92 Å². The lowest BCUT2D eigenvalue weighted by atomic mass is 9.74. The predicted molar refractivity (Wildman–Crippen MR) is 156 cm³/mol. The fourth-order valence-corrected chi connectivity index (χ4v) is 6.77. The van der Waals surface area contributed by atoms with Crippen LogP contribution in [0.5, 0.6) is 0 Å². The van der Waals surface area contributed by atoms with Crippen LogP contribution in [0.25, 0.3) is 0 Å². The minimum absolute atomic E-state index is 0.00918. The number of halogens is 3. The summed E-state index contributed by atoms with van der Waals surface area (Å²) < 4.78 is 28.2. The third-order valence-corrected chi connectivity index (χ3v) is 9.12. The van der Waals surface area contributed by atoms with Gasteiger partial charge in [0, 0.05) is 35.9 Å². The van der Waals surface area contributed by atoms with Crippen LogP contribution in [0.3, 0.4) is 0 Å². The van der Waals surface area contributed by atoms with Crippen molar-refractivity contribution >= 4 is 35.1 Å². The van der Waals surface area contributed by atoms with Gasteiger partial charge in [-0.3, -0.25) is 14.5 Å². The summed E-state index contributed by atoms with van der Waals surface area (Å²) in [7, 11) is 1.35. The van der Waals surface area contributed by atoms with Crippen molar-refractivity contribution in [3.63, 3.8) is 0 Å². The maximum Gasteiger partial charge on any atom is 0.305 e. The lowest BCUT2D eigenvalue weighted by Gasteiger charge is -2.42. The van der Waals surface area contributed by atoms with E-state index in [1.165, 1.54) is 24.1 Å². The molecule has 0 unspecified atom stereocenters. The molecule has 0 spiro atoms. The zero-order valence-corrected chi connectivity index (χ0v) is 24.8. The Balaban J connectivity index is 1.77. The quantitative estimate of drug-likeness (QED) is 0.279. The number of methoxy groups -OCH3 is 1. The van der Waals surface area contributed by atoms with Gasteiger partial charge in [0.2, 0.25) is 0 Å². The molecule has 10 heteroatoms. The van der Waals surface area contributed by atoms with E-state index in [9.17, 15) is 19.8 Å². The Kier molecular flexibility index (Phi) is 8.65. The van der Waals surface area contributed by atoms with Crippen LogP contribution in [0.2, 0.25) is 10.0 Å². The first-order chi connectivity index (χ1) is 20.1. The molecule has 5 rings (SSSR count). The van der Waals surface area contributed by atoms with Gasteiger partial charge in [0.1, 0.15) is 5.82 Å². The van der Waals surface area contributed by atoms with Crippen molar-refractivity contribution in [2.75, 3.05) is 20.3 Å². The van der Waals surface area contributed by atoms with Gasteiger partial charge in [-0.25, -0.2) is 4.39 Å². The van der Waals surface area contributed by atoms with Crippen LogP contribution in [-0.4, -0.2) is 47.3 Å². The van der Waals surface area contributed by atoms with Gasteiger partial charge < -0.3 is 19.7 Å². The van der Waals surface area contributed by atoms with E-state index in [1.54, 1.807) is 48.5 Å². The van der Waals surface area contributed by atoms with Crippen molar-refractivity contribution in [3.8, 4) is 0 Å². The van der Waals surface area contributed by atoms with Gasteiger partial charge in [-0.05, 0) is 72.7 Å². The fraction of sp³-hybridized carbons (Fsp3) is 0.375. The van der Waals surface area contributed by atoms with Gasteiger partial charge in [-0.15, -0.1) is 0 Å². The van der Waals surface area contributed by atoms with Crippen LogP contribution in [-0.2, 0) is 25.6 Å². The number of hydrogen-bond donors (Lipinski definition) is 2. The van der Waals surface area contributed by atoms with E-state index in [2.05, 4.69) is 0 Å². The summed E-state index contributed by atoms with van der Waals surface area (Å²) in [5.41, 5.74) is -2.17. The molecule has 2 aliphatic heterocycles. The van der Waals surface area contributed by atoms with Gasteiger partial charge in [0.05, 0.1) is 29.2 Å². The standard InChI is InChI=1S/C32H32Cl2FNO6/c1-3-31(40,20-12-14-42-15-13-20)22-16-25-29(26(35)17-22)32(41-2,21-6-10-24(34)11-7-21)36(30(25)39)27(18-28(37)38)19-4-8-23(33)9-5-19/h4-11,16-17,20,27,40H,3,12-15,18H2,1-2H3,(H,37,38)/t27-,31+,32-/m1/s1. The van der Waals surface area contributed by atoms with E-state index in [1.807, 2.05) is 6.92 Å². The van der Waals surface area contributed by atoms with Crippen molar-refractivity contribution in [1.29, 1.82) is 0 Å². The first-order valence-electron chi connectivity index (χ1n) is 13.8. The van der Waals surface area contributed by atoms with Gasteiger partial charge in [-0.1, -0.05) is 54.4 Å². The minimum Gasteiger partial charge on any atom is -0.481 e. The van der Waals surface area contributed by atoms with Gasteiger partial charge >= 0.3 is 5.97 Å². The third-order valence-electron chi connectivity index (χ3n) is 8.62. The van der Waals surface area contributed by atoms with Crippen molar-refractivity contribution in [3.05, 3.63) is 104 Å². The Morgan fingerprint density at radius 3 is 2.26 bits per heavy atom. The fourth-order valence-electron chi connectivity index (χ4n) is 6.51. The number of hydrogen-bond acceptors (Lipinski definition) is 5. The maximum absolute atomic E-state index is 16.6. The number of rotatable bonds is 9. The molecule has 0 bridgehead atoms. The molecule has 2 aliphatic rings. The number of carboxylic acids is 1. The molecule has 1 fully saturated rings. The predicted octanol–water partition coefficient (Wildman–Crippen LogP) is 6.68. The average molecular weight is 617 g/mol. The molecular weight excluding hydrogens is 584 g/mol. The summed E-state index contributed by atoms with van der Waals surface area (Å²) in [5, 5.41) is 22.7.